The Morgan fingerprint density at radius 3 is 1.38 bits per heavy atom. The molecule has 7 nitrogen and oxygen atoms in total. The van der Waals surface area contributed by atoms with Crippen molar-refractivity contribution in [1.82, 2.24) is 0 Å². The first kappa shape index (κ1) is 18.8. The Hall–Kier alpha value is -3.58. The number of phenolic OH excluding ortho intramolecular Hbond substituents is 2. The number of benzene rings is 2. The quantitative estimate of drug-likeness (QED) is 0.768. The molecule has 2 aliphatic rings. The highest BCUT2D eigenvalue weighted by Gasteiger charge is 2.52. The van der Waals surface area contributed by atoms with Crippen molar-refractivity contribution < 1.29 is 34.0 Å². The van der Waals surface area contributed by atoms with E-state index in [0.29, 0.717) is 11.1 Å². The molecular weight excluding hydrogens is 376 g/mol. The molecule has 0 saturated heterocycles. The molecule has 0 spiro atoms. The van der Waals surface area contributed by atoms with Gasteiger partial charge in [-0.2, -0.15) is 0 Å². The minimum absolute atomic E-state index is 0.101. The lowest BCUT2D eigenvalue weighted by molar-refractivity contribution is -0.139. The zero-order valence-electron chi connectivity index (χ0n) is 15.7. The molecule has 2 aliphatic heterocycles. The Bertz CT molecular complexity index is 962. The van der Waals surface area contributed by atoms with Gasteiger partial charge >= 0.3 is 11.9 Å². The van der Waals surface area contributed by atoms with Gasteiger partial charge in [0.25, 0.3) is 0 Å². The second kappa shape index (κ2) is 7.10. The second-order valence-corrected chi connectivity index (χ2v) is 6.63. The minimum Gasteiger partial charge on any atom is -0.508 e. The van der Waals surface area contributed by atoms with Gasteiger partial charge in [-0.1, -0.05) is 24.3 Å². The maximum Gasteiger partial charge on any atom is 0.337 e. The summed E-state index contributed by atoms with van der Waals surface area (Å²) in [4.78, 5) is 25.0. The second-order valence-electron chi connectivity index (χ2n) is 6.63. The molecule has 0 aliphatic carbocycles. The molecule has 2 heterocycles. The van der Waals surface area contributed by atoms with Gasteiger partial charge < -0.3 is 24.4 Å². The van der Waals surface area contributed by atoms with Gasteiger partial charge in [-0.3, -0.25) is 0 Å². The fourth-order valence-corrected chi connectivity index (χ4v) is 3.81. The summed E-state index contributed by atoms with van der Waals surface area (Å²) in [5.74, 6) is -1.13. The maximum absolute atomic E-state index is 12.5. The van der Waals surface area contributed by atoms with Crippen LogP contribution in [0.15, 0.2) is 59.7 Å². The van der Waals surface area contributed by atoms with E-state index in [1.165, 1.54) is 38.5 Å². The van der Waals surface area contributed by atoms with Crippen LogP contribution in [0.1, 0.15) is 11.1 Å². The number of esters is 2. The standard InChI is InChI=1S/C22H18O7/c1-27-21(25)17-18(22(26)28-2)20-16(12-5-9-14(24)10-6-12)15(19(17)29-20)11-3-7-13(23)8-4-11/h3-10,19-20,23-24H,1-2H3/t19-,20+. The van der Waals surface area contributed by atoms with Gasteiger partial charge in [0.15, 0.2) is 0 Å². The number of ether oxygens (including phenoxy) is 3. The number of methoxy groups -OCH3 is 2. The summed E-state index contributed by atoms with van der Waals surface area (Å²) < 4.78 is 15.8. The molecule has 2 aromatic rings. The number of fused-ring (bicyclic) bond motifs is 2. The smallest absolute Gasteiger partial charge is 0.337 e. The highest BCUT2D eigenvalue weighted by molar-refractivity contribution is 6.14. The number of hydrogen-bond donors (Lipinski definition) is 2. The molecule has 0 amide bonds. The minimum atomic E-state index is -0.824. The summed E-state index contributed by atoms with van der Waals surface area (Å²) in [6.07, 6.45) is -1.65. The van der Waals surface area contributed by atoms with Gasteiger partial charge in [-0.25, -0.2) is 9.59 Å². The van der Waals surface area contributed by atoms with Gasteiger partial charge in [0.2, 0.25) is 0 Å². The SMILES string of the molecule is COC(=O)C1=C(C(=O)OC)[C@@H]2O[C@H]1C(c1ccc(O)cc1)=C2c1ccc(O)cc1. The van der Waals surface area contributed by atoms with Crippen LogP contribution in [0.5, 0.6) is 11.5 Å². The molecule has 148 valence electrons. The third-order valence-electron chi connectivity index (χ3n) is 5.07. The molecule has 2 aromatic carbocycles. The van der Waals surface area contributed by atoms with E-state index in [4.69, 9.17) is 14.2 Å². The van der Waals surface area contributed by atoms with Crippen LogP contribution >= 0.6 is 0 Å². The molecule has 29 heavy (non-hydrogen) atoms. The summed E-state index contributed by atoms with van der Waals surface area (Å²) in [6, 6.07) is 13.0. The highest BCUT2D eigenvalue weighted by atomic mass is 16.5. The lowest BCUT2D eigenvalue weighted by atomic mass is 9.80. The van der Waals surface area contributed by atoms with Crippen molar-refractivity contribution in [3.8, 4) is 11.5 Å². The molecule has 0 radical (unpaired) electrons. The summed E-state index contributed by atoms with van der Waals surface area (Å²) in [5.41, 5.74) is 3.04. The summed E-state index contributed by atoms with van der Waals surface area (Å²) >= 11 is 0. The van der Waals surface area contributed by atoms with Crippen LogP contribution in [0, 0.1) is 0 Å². The lowest BCUT2D eigenvalue weighted by Gasteiger charge is -2.21. The first-order valence-corrected chi connectivity index (χ1v) is 8.85. The van der Waals surface area contributed by atoms with Crippen molar-refractivity contribution in [1.29, 1.82) is 0 Å². The lowest BCUT2D eigenvalue weighted by Crippen LogP contribution is -2.25. The van der Waals surface area contributed by atoms with Crippen molar-refractivity contribution in [3.63, 3.8) is 0 Å². The number of carbonyl (C=O) groups excluding carboxylic acids is 2. The van der Waals surface area contributed by atoms with Crippen LogP contribution in [0.25, 0.3) is 11.1 Å². The Morgan fingerprint density at radius 2 is 1.07 bits per heavy atom. The monoisotopic (exact) mass is 394 g/mol. The maximum atomic E-state index is 12.5. The van der Waals surface area contributed by atoms with Gasteiger partial charge in [-0.05, 0) is 46.5 Å². The Kier molecular flexibility index (Phi) is 4.60. The van der Waals surface area contributed by atoms with Crippen LogP contribution in [0.4, 0.5) is 0 Å². The molecule has 2 bridgehead atoms. The van der Waals surface area contributed by atoms with Gasteiger partial charge in [0.05, 0.1) is 25.4 Å². The Balaban J connectivity index is 1.95. The van der Waals surface area contributed by atoms with Crippen molar-refractivity contribution in [2.75, 3.05) is 14.2 Å². The van der Waals surface area contributed by atoms with Crippen LogP contribution in [-0.4, -0.2) is 48.6 Å². The Morgan fingerprint density at radius 1 is 0.724 bits per heavy atom. The average molecular weight is 394 g/mol. The van der Waals surface area contributed by atoms with E-state index in [9.17, 15) is 19.8 Å². The van der Waals surface area contributed by atoms with Crippen molar-refractivity contribution >= 4 is 23.1 Å². The van der Waals surface area contributed by atoms with Crippen LogP contribution < -0.4 is 0 Å². The summed E-state index contributed by atoms with van der Waals surface area (Å²) in [5, 5.41) is 19.3. The molecule has 0 fully saturated rings. The topological polar surface area (TPSA) is 102 Å². The fourth-order valence-electron chi connectivity index (χ4n) is 3.81. The summed E-state index contributed by atoms with van der Waals surface area (Å²) in [7, 11) is 2.47. The zero-order valence-corrected chi connectivity index (χ0v) is 15.7. The molecular formula is C22H18O7. The van der Waals surface area contributed by atoms with Gasteiger partial charge in [0.1, 0.15) is 23.7 Å². The first-order chi connectivity index (χ1) is 14.0. The number of rotatable bonds is 4. The van der Waals surface area contributed by atoms with E-state index in [-0.39, 0.29) is 22.6 Å². The van der Waals surface area contributed by atoms with E-state index in [1.807, 2.05) is 0 Å². The fraction of sp³-hybridized carbons (Fsp3) is 0.182. The number of aromatic hydroxyl groups is 2. The number of hydrogen-bond acceptors (Lipinski definition) is 7. The molecule has 0 saturated carbocycles. The third kappa shape index (κ3) is 2.96. The molecule has 4 rings (SSSR count). The third-order valence-corrected chi connectivity index (χ3v) is 5.07. The molecule has 0 aromatic heterocycles. The van der Waals surface area contributed by atoms with E-state index in [0.717, 1.165) is 11.1 Å². The summed E-state index contributed by atoms with van der Waals surface area (Å²) in [6.45, 7) is 0. The van der Waals surface area contributed by atoms with E-state index in [1.54, 1.807) is 24.3 Å². The van der Waals surface area contributed by atoms with Crippen molar-refractivity contribution in [2.24, 2.45) is 0 Å². The average Bonchev–Trinajstić information content (AvgIpc) is 3.30. The zero-order chi connectivity index (χ0) is 20.7. The Labute approximate surface area is 166 Å². The predicted molar refractivity (Wildman–Crippen MR) is 103 cm³/mol. The van der Waals surface area contributed by atoms with Gasteiger partial charge in [0, 0.05) is 0 Å². The number of phenols is 2. The molecule has 2 atom stereocenters. The highest BCUT2D eigenvalue weighted by Crippen LogP contribution is 2.51. The predicted octanol–water partition coefficient (Wildman–Crippen LogP) is 2.43. The molecule has 7 heteroatoms. The van der Waals surface area contributed by atoms with Crippen LogP contribution in [0.2, 0.25) is 0 Å². The van der Waals surface area contributed by atoms with Crippen LogP contribution in [-0.2, 0) is 23.8 Å². The largest absolute Gasteiger partial charge is 0.508 e. The number of carbonyl (C=O) groups is 2. The molecule has 2 N–H and O–H groups in total. The van der Waals surface area contributed by atoms with E-state index >= 15 is 0 Å². The van der Waals surface area contributed by atoms with Gasteiger partial charge in [-0.15, -0.1) is 0 Å². The van der Waals surface area contributed by atoms with E-state index < -0.39 is 24.1 Å². The van der Waals surface area contributed by atoms with Crippen LogP contribution in [0.3, 0.4) is 0 Å². The van der Waals surface area contributed by atoms with Crippen molar-refractivity contribution in [3.05, 3.63) is 70.8 Å². The van der Waals surface area contributed by atoms with Crippen molar-refractivity contribution in [2.45, 2.75) is 12.2 Å². The normalized spacial score (nSPS) is 20.2. The molecule has 0 unspecified atom stereocenters. The first-order valence-electron chi connectivity index (χ1n) is 8.85. The van der Waals surface area contributed by atoms with E-state index in [2.05, 4.69) is 0 Å².